The molecule has 1 heterocycles. The third-order valence-electron chi connectivity index (χ3n) is 3.49. The van der Waals surface area contributed by atoms with Gasteiger partial charge in [0.1, 0.15) is 0 Å². The number of aryl methyl sites for hydroxylation is 1. The summed E-state index contributed by atoms with van der Waals surface area (Å²) in [5.41, 5.74) is 1.11. The first-order valence-corrected chi connectivity index (χ1v) is 6.31. The van der Waals surface area contributed by atoms with Crippen LogP contribution < -0.4 is 5.32 Å². The largest absolute Gasteiger partial charge is 0.351 e. The third kappa shape index (κ3) is 2.94. The molecule has 1 N–H and O–H groups in total. The van der Waals surface area contributed by atoms with Crippen LogP contribution in [0.4, 0.5) is 5.95 Å². The molecule has 0 saturated heterocycles. The number of anilines is 1. The molecule has 16 heavy (non-hydrogen) atoms. The lowest BCUT2D eigenvalue weighted by Crippen LogP contribution is -2.28. The lowest BCUT2D eigenvalue weighted by molar-refractivity contribution is 0.327. The maximum Gasteiger partial charge on any atom is 0.222 e. The van der Waals surface area contributed by atoms with E-state index in [9.17, 15) is 0 Å². The van der Waals surface area contributed by atoms with Gasteiger partial charge in [0.05, 0.1) is 0 Å². The Balaban J connectivity index is 1.90. The van der Waals surface area contributed by atoms with Crippen LogP contribution in [0, 0.1) is 12.8 Å². The fraction of sp³-hybridized carbons (Fsp3) is 0.692. The standard InChI is InChI=1S/C13H21N3/c1-10-8-14-13(15-9-10)16-11(2)12-6-4-3-5-7-12/h8-9,11-12H,3-7H2,1-2H3,(H,14,15,16). The number of nitrogens with one attached hydrogen (secondary N) is 1. The highest BCUT2D eigenvalue weighted by atomic mass is 15.1. The zero-order chi connectivity index (χ0) is 11.4. The highest BCUT2D eigenvalue weighted by molar-refractivity contribution is 5.26. The monoisotopic (exact) mass is 219 g/mol. The van der Waals surface area contributed by atoms with Crippen molar-refractivity contribution in [1.29, 1.82) is 0 Å². The number of aromatic nitrogens is 2. The highest BCUT2D eigenvalue weighted by Gasteiger charge is 2.20. The maximum absolute atomic E-state index is 4.29. The quantitative estimate of drug-likeness (QED) is 0.848. The molecule has 1 atom stereocenters. The molecule has 3 nitrogen and oxygen atoms in total. The predicted molar refractivity (Wildman–Crippen MR) is 66.4 cm³/mol. The molecule has 1 fully saturated rings. The van der Waals surface area contributed by atoms with Gasteiger partial charge in [0.15, 0.2) is 0 Å². The molecule has 0 bridgehead atoms. The van der Waals surface area contributed by atoms with Gasteiger partial charge in [-0.15, -0.1) is 0 Å². The minimum atomic E-state index is 0.489. The SMILES string of the molecule is Cc1cnc(NC(C)C2CCCCC2)nc1. The minimum Gasteiger partial charge on any atom is -0.351 e. The lowest BCUT2D eigenvalue weighted by atomic mass is 9.85. The van der Waals surface area contributed by atoms with Gasteiger partial charge in [0.2, 0.25) is 5.95 Å². The van der Waals surface area contributed by atoms with Crippen molar-refractivity contribution < 1.29 is 0 Å². The topological polar surface area (TPSA) is 37.8 Å². The Morgan fingerprint density at radius 2 is 1.81 bits per heavy atom. The van der Waals surface area contributed by atoms with Crippen molar-refractivity contribution in [2.75, 3.05) is 5.32 Å². The molecule has 3 heteroatoms. The van der Waals surface area contributed by atoms with Gasteiger partial charge in [-0.1, -0.05) is 19.3 Å². The second-order valence-corrected chi connectivity index (χ2v) is 4.92. The van der Waals surface area contributed by atoms with Crippen molar-refractivity contribution in [3.05, 3.63) is 18.0 Å². The summed E-state index contributed by atoms with van der Waals surface area (Å²) in [5.74, 6) is 1.56. The van der Waals surface area contributed by atoms with E-state index in [0.29, 0.717) is 6.04 Å². The lowest BCUT2D eigenvalue weighted by Gasteiger charge is -2.28. The molecule has 0 aromatic carbocycles. The average molecular weight is 219 g/mol. The zero-order valence-electron chi connectivity index (χ0n) is 10.2. The van der Waals surface area contributed by atoms with Crippen LogP contribution in [0.15, 0.2) is 12.4 Å². The third-order valence-corrected chi connectivity index (χ3v) is 3.49. The summed E-state index contributed by atoms with van der Waals surface area (Å²) in [5, 5.41) is 3.42. The second-order valence-electron chi connectivity index (χ2n) is 4.92. The van der Waals surface area contributed by atoms with Crippen LogP contribution in [0.1, 0.15) is 44.6 Å². The van der Waals surface area contributed by atoms with Gasteiger partial charge in [-0.25, -0.2) is 9.97 Å². The van der Waals surface area contributed by atoms with E-state index in [-0.39, 0.29) is 0 Å². The van der Waals surface area contributed by atoms with E-state index < -0.39 is 0 Å². The summed E-state index contributed by atoms with van der Waals surface area (Å²) < 4.78 is 0. The van der Waals surface area contributed by atoms with Gasteiger partial charge in [0, 0.05) is 18.4 Å². The van der Waals surface area contributed by atoms with Crippen molar-refractivity contribution in [2.45, 2.75) is 52.0 Å². The van der Waals surface area contributed by atoms with Crippen molar-refractivity contribution in [1.82, 2.24) is 9.97 Å². The highest BCUT2D eigenvalue weighted by Crippen LogP contribution is 2.27. The van der Waals surface area contributed by atoms with E-state index in [0.717, 1.165) is 17.4 Å². The summed E-state index contributed by atoms with van der Waals surface area (Å²) in [6.07, 6.45) is 10.6. The van der Waals surface area contributed by atoms with E-state index in [2.05, 4.69) is 22.2 Å². The Kier molecular flexibility index (Phi) is 3.75. The molecule has 1 aromatic rings. The zero-order valence-corrected chi connectivity index (χ0v) is 10.2. The normalized spacial score (nSPS) is 19.4. The van der Waals surface area contributed by atoms with Crippen LogP contribution in [0.25, 0.3) is 0 Å². The smallest absolute Gasteiger partial charge is 0.222 e. The maximum atomic E-state index is 4.29. The van der Waals surface area contributed by atoms with Crippen LogP contribution in [0.3, 0.4) is 0 Å². The Morgan fingerprint density at radius 3 is 2.44 bits per heavy atom. The van der Waals surface area contributed by atoms with Crippen molar-refractivity contribution in [2.24, 2.45) is 5.92 Å². The van der Waals surface area contributed by atoms with E-state index in [1.165, 1.54) is 32.1 Å². The summed E-state index contributed by atoms with van der Waals surface area (Å²) in [4.78, 5) is 8.58. The summed E-state index contributed by atoms with van der Waals surface area (Å²) in [6.45, 7) is 4.26. The van der Waals surface area contributed by atoms with Crippen molar-refractivity contribution >= 4 is 5.95 Å². The summed E-state index contributed by atoms with van der Waals surface area (Å²) >= 11 is 0. The number of rotatable bonds is 3. The van der Waals surface area contributed by atoms with Crippen LogP contribution in [-0.4, -0.2) is 16.0 Å². The average Bonchev–Trinajstić information content (AvgIpc) is 2.33. The first kappa shape index (κ1) is 11.4. The number of hydrogen-bond acceptors (Lipinski definition) is 3. The molecular formula is C13H21N3. The van der Waals surface area contributed by atoms with Crippen molar-refractivity contribution in [3.8, 4) is 0 Å². The fourth-order valence-electron chi connectivity index (χ4n) is 2.42. The molecule has 0 amide bonds. The molecule has 88 valence electrons. The molecule has 1 aliphatic carbocycles. The summed E-state index contributed by atoms with van der Waals surface area (Å²) in [6, 6.07) is 0.489. The van der Waals surface area contributed by atoms with Gasteiger partial charge < -0.3 is 5.32 Å². The van der Waals surface area contributed by atoms with Gasteiger partial charge in [-0.2, -0.15) is 0 Å². The van der Waals surface area contributed by atoms with Crippen molar-refractivity contribution in [3.63, 3.8) is 0 Å². The van der Waals surface area contributed by atoms with E-state index in [1.54, 1.807) is 0 Å². The first-order chi connectivity index (χ1) is 7.75. The molecular weight excluding hydrogens is 198 g/mol. The molecule has 1 aromatic heterocycles. The number of nitrogens with zero attached hydrogens (tertiary/aromatic N) is 2. The molecule has 0 radical (unpaired) electrons. The Labute approximate surface area is 97.7 Å². The van der Waals surface area contributed by atoms with Crippen LogP contribution >= 0.6 is 0 Å². The first-order valence-electron chi connectivity index (χ1n) is 6.31. The molecule has 1 unspecified atom stereocenters. The Hall–Kier alpha value is -1.12. The summed E-state index contributed by atoms with van der Waals surface area (Å²) in [7, 11) is 0. The van der Waals surface area contributed by atoms with E-state index in [4.69, 9.17) is 0 Å². The van der Waals surface area contributed by atoms with Gasteiger partial charge >= 0.3 is 0 Å². The van der Waals surface area contributed by atoms with Crippen LogP contribution in [0.5, 0.6) is 0 Å². The molecule has 0 spiro atoms. The van der Waals surface area contributed by atoms with E-state index in [1.807, 2.05) is 19.3 Å². The second kappa shape index (κ2) is 5.28. The van der Waals surface area contributed by atoms with E-state index >= 15 is 0 Å². The Bertz CT molecular complexity index is 314. The van der Waals surface area contributed by atoms with Crippen LogP contribution in [0.2, 0.25) is 0 Å². The molecule has 1 saturated carbocycles. The van der Waals surface area contributed by atoms with Gasteiger partial charge in [0.25, 0.3) is 0 Å². The number of hydrogen-bond donors (Lipinski definition) is 1. The Morgan fingerprint density at radius 1 is 1.19 bits per heavy atom. The van der Waals surface area contributed by atoms with Crippen LogP contribution in [-0.2, 0) is 0 Å². The fourth-order valence-corrected chi connectivity index (χ4v) is 2.42. The minimum absolute atomic E-state index is 0.489. The molecule has 0 aliphatic heterocycles. The molecule has 1 aliphatic rings. The molecule has 2 rings (SSSR count). The van der Waals surface area contributed by atoms with Gasteiger partial charge in [-0.05, 0) is 38.2 Å². The van der Waals surface area contributed by atoms with Gasteiger partial charge in [-0.3, -0.25) is 0 Å². The predicted octanol–water partition coefficient (Wildman–Crippen LogP) is 3.17.